The number of carbonyl (C=O) groups excluding carboxylic acids is 2. The lowest BCUT2D eigenvalue weighted by Gasteiger charge is -2.04. The average molecular weight is 196 g/mol. The van der Waals surface area contributed by atoms with Crippen LogP contribution in [0.3, 0.4) is 0 Å². The second kappa shape index (κ2) is 3.91. The summed E-state index contributed by atoms with van der Waals surface area (Å²) in [6, 6.07) is -0.843. The molecule has 3 N–H and O–H groups in total. The summed E-state index contributed by atoms with van der Waals surface area (Å²) in [5.74, 6) is -0.446. The third-order valence-corrected chi connectivity index (χ3v) is 1.92. The molecular weight excluding hydrogens is 184 g/mol. The number of nitrogens with one attached hydrogen (secondary N) is 1. The van der Waals surface area contributed by atoms with Gasteiger partial charge in [-0.25, -0.2) is 9.78 Å². The highest BCUT2D eigenvalue weighted by Gasteiger charge is 2.08. The Bertz CT molecular complexity index is 369. The van der Waals surface area contributed by atoms with Crippen LogP contribution in [-0.2, 0) is 11.3 Å². The Balaban J connectivity index is 2.65. The fraction of sp³-hybridized carbons (Fsp3) is 0.375. The number of aryl methyl sites for hydroxylation is 1. The Morgan fingerprint density at radius 2 is 2.21 bits per heavy atom. The first-order chi connectivity index (χ1) is 6.50. The van der Waals surface area contributed by atoms with Crippen molar-refractivity contribution in [2.75, 3.05) is 0 Å². The smallest absolute Gasteiger partial charge is 0.318 e. The molecule has 0 saturated carbocycles. The van der Waals surface area contributed by atoms with Gasteiger partial charge in [-0.2, -0.15) is 0 Å². The maximum atomic E-state index is 11.1. The van der Waals surface area contributed by atoms with Crippen molar-refractivity contribution in [1.82, 2.24) is 14.9 Å². The lowest BCUT2D eigenvalue weighted by molar-refractivity contribution is -0.120. The van der Waals surface area contributed by atoms with E-state index in [1.807, 2.05) is 19.2 Å². The Hall–Kier alpha value is -1.85. The molecule has 76 valence electrons. The van der Waals surface area contributed by atoms with Gasteiger partial charge >= 0.3 is 6.03 Å². The summed E-state index contributed by atoms with van der Waals surface area (Å²) < 4.78 is 1.65. The van der Waals surface area contributed by atoms with Gasteiger partial charge in [-0.15, -0.1) is 0 Å². The molecule has 0 spiro atoms. The lowest BCUT2D eigenvalue weighted by atomic mass is 10.4. The van der Waals surface area contributed by atoms with E-state index in [0.717, 1.165) is 11.4 Å². The van der Waals surface area contributed by atoms with Gasteiger partial charge in [-0.3, -0.25) is 10.1 Å². The minimum absolute atomic E-state index is 0.0512. The molecule has 0 bridgehead atoms. The Kier molecular flexibility index (Phi) is 2.85. The highest BCUT2D eigenvalue weighted by atomic mass is 16.2. The van der Waals surface area contributed by atoms with Gasteiger partial charge in [0.25, 0.3) is 0 Å². The number of amides is 3. The topological polar surface area (TPSA) is 90.0 Å². The van der Waals surface area contributed by atoms with E-state index in [1.165, 1.54) is 0 Å². The minimum Gasteiger partial charge on any atom is -0.351 e. The molecular formula is C8H12N4O2. The zero-order valence-electron chi connectivity index (χ0n) is 8.07. The molecule has 0 aliphatic carbocycles. The summed E-state index contributed by atoms with van der Waals surface area (Å²) in [6.07, 6.45) is 1.55. The first kappa shape index (κ1) is 10.2. The lowest BCUT2D eigenvalue weighted by Crippen LogP contribution is -2.37. The molecule has 0 fully saturated rings. The van der Waals surface area contributed by atoms with Crippen LogP contribution >= 0.6 is 0 Å². The van der Waals surface area contributed by atoms with Crippen molar-refractivity contribution in [3.8, 4) is 0 Å². The number of primary amides is 1. The molecule has 1 heterocycles. The monoisotopic (exact) mass is 196 g/mol. The van der Waals surface area contributed by atoms with Crippen LogP contribution in [0.2, 0.25) is 0 Å². The van der Waals surface area contributed by atoms with E-state index in [9.17, 15) is 9.59 Å². The Morgan fingerprint density at radius 3 is 2.64 bits per heavy atom. The van der Waals surface area contributed by atoms with Crippen LogP contribution in [0.1, 0.15) is 11.4 Å². The fourth-order valence-corrected chi connectivity index (χ4v) is 1.04. The average Bonchev–Trinajstić information content (AvgIpc) is 2.34. The molecule has 6 nitrogen and oxygen atoms in total. The molecule has 0 aliphatic heterocycles. The summed E-state index contributed by atoms with van der Waals surface area (Å²) >= 11 is 0. The van der Waals surface area contributed by atoms with Gasteiger partial charge in [0, 0.05) is 5.69 Å². The number of imidazole rings is 1. The van der Waals surface area contributed by atoms with Crippen molar-refractivity contribution in [1.29, 1.82) is 0 Å². The van der Waals surface area contributed by atoms with Crippen molar-refractivity contribution >= 4 is 11.9 Å². The van der Waals surface area contributed by atoms with E-state index < -0.39 is 11.9 Å². The minimum atomic E-state index is -0.843. The second-order valence-corrected chi connectivity index (χ2v) is 2.96. The Morgan fingerprint density at radius 1 is 1.57 bits per heavy atom. The Labute approximate surface area is 81.1 Å². The predicted octanol–water partition coefficient (Wildman–Crippen LogP) is -0.305. The van der Waals surface area contributed by atoms with Crippen molar-refractivity contribution in [2.45, 2.75) is 20.4 Å². The number of imide groups is 1. The fourth-order valence-electron chi connectivity index (χ4n) is 1.04. The molecule has 6 heteroatoms. The molecule has 1 aromatic rings. The van der Waals surface area contributed by atoms with Gasteiger partial charge in [0.15, 0.2) is 0 Å². The summed E-state index contributed by atoms with van der Waals surface area (Å²) in [6.45, 7) is 3.74. The zero-order valence-corrected chi connectivity index (χ0v) is 8.07. The number of hydrogen-bond acceptors (Lipinski definition) is 3. The number of aromatic nitrogens is 2. The van der Waals surface area contributed by atoms with Crippen molar-refractivity contribution < 1.29 is 9.59 Å². The van der Waals surface area contributed by atoms with E-state index in [0.29, 0.717) is 0 Å². The number of nitrogens with zero attached hydrogens (tertiary/aromatic N) is 2. The van der Waals surface area contributed by atoms with Gasteiger partial charge in [0.1, 0.15) is 6.54 Å². The van der Waals surface area contributed by atoms with Crippen LogP contribution in [0.25, 0.3) is 0 Å². The van der Waals surface area contributed by atoms with Crippen LogP contribution in [-0.4, -0.2) is 21.5 Å². The molecule has 0 aliphatic rings. The molecule has 0 saturated heterocycles. The third-order valence-electron chi connectivity index (χ3n) is 1.92. The van der Waals surface area contributed by atoms with E-state index >= 15 is 0 Å². The zero-order chi connectivity index (χ0) is 10.7. The third kappa shape index (κ3) is 2.32. The van der Waals surface area contributed by atoms with E-state index in [2.05, 4.69) is 4.98 Å². The molecule has 0 aromatic carbocycles. The van der Waals surface area contributed by atoms with Crippen LogP contribution in [0, 0.1) is 13.8 Å². The maximum absolute atomic E-state index is 11.1. The first-order valence-electron chi connectivity index (χ1n) is 4.08. The van der Waals surface area contributed by atoms with Gasteiger partial charge < -0.3 is 10.3 Å². The van der Waals surface area contributed by atoms with Gasteiger partial charge in [-0.1, -0.05) is 0 Å². The van der Waals surface area contributed by atoms with Gasteiger partial charge in [0.2, 0.25) is 5.91 Å². The summed E-state index contributed by atoms with van der Waals surface area (Å²) in [5, 5.41) is 1.98. The van der Waals surface area contributed by atoms with E-state index in [1.54, 1.807) is 10.9 Å². The highest BCUT2D eigenvalue weighted by Crippen LogP contribution is 2.03. The van der Waals surface area contributed by atoms with Crippen molar-refractivity contribution in [2.24, 2.45) is 5.73 Å². The summed E-state index contributed by atoms with van der Waals surface area (Å²) in [4.78, 5) is 25.5. The second-order valence-electron chi connectivity index (χ2n) is 2.96. The number of carbonyl (C=O) groups is 2. The molecule has 0 unspecified atom stereocenters. The summed E-state index contributed by atoms with van der Waals surface area (Å²) in [7, 11) is 0. The summed E-state index contributed by atoms with van der Waals surface area (Å²) in [5.41, 5.74) is 6.55. The van der Waals surface area contributed by atoms with Crippen molar-refractivity contribution in [3.05, 3.63) is 17.7 Å². The maximum Gasteiger partial charge on any atom is 0.318 e. The number of rotatable bonds is 2. The van der Waals surface area contributed by atoms with Crippen LogP contribution in [0.4, 0.5) is 4.79 Å². The van der Waals surface area contributed by atoms with Crippen molar-refractivity contribution in [3.63, 3.8) is 0 Å². The largest absolute Gasteiger partial charge is 0.351 e. The van der Waals surface area contributed by atoms with E-state index in [-0.39, 0.29) is 6.54 Å². The standard InChI is InChI=1S/C8H12N4O2/c1-5-6(2)12(4-10-5)3-7(13)11-8(9)14/h4H,3H2,1-2H3,(H3,9,11,13,14). The normalized spacial score (nSPS) is 9.86. The van der Waals surface area contributed by atoms with Gasteiger partial charge in [-0.05, 0) is 13.8 Å². The highest BCUT2D eigenvalue weighted by molar-refractivity contribution is 5.93. The molecule has 1 rings (SSSR count). The predicted molar refractivity (Wildman–Crippen MR) is 49.4 cm³/mol. The first-order valence-corrected chi connectivity index (χ1v) is 4.08. The molecule has 14 heavy (non-hydrogen) atoms. The van der Waals surface area contributed by atoms with Crippen LogP contribution in [0.5, 0.6) is 0 Å². The molecule has 1 aromatic heterocycles. The van der Waals surface area contributed by atoms with Crippen LogP contribution < -0.4 is 11.1 Å². The quantitative estimate of drug-likeness (QED) is 0.680. The molecule has 3 amide bonds. The van der Waals surface area contributed by atoms with E-state index in [4.69, 9.17) is 5.73 Å². The SMILES string of the molecule is Cc1ncn(CC(=O)NC(N)=O)c1C. The molecule has 0 radical (unpaired) electrons. The van der Waals surface area contributed by atoms with Gasteiger partial charge in [0.05, 0.1) is 12.0 Å². The molecule has 0 atom stereocenters. The number of hydrogen-bond donors (Lipinski definition) is 2. The van der Waals surface area contributed by atoms with Crippen LogP contribution in [0.15, 0.2) is 6.33 Å². The number of nitrogens with two attached hydrogens (primary N) is 1. The number of urea groups is 1.